The molecule has 0 aliphatic heterocycles. The van der Waals surface area contributed by atoms with Crippen molar-refractivity contribution in [3.8, 4) is 5.75 Å². The molecule has 0 radical (unpaired) electrons. The number of carbonyl (C=O) groups excluding carboxylic acids is 1. The van der Waals surface area contributed by atoms with E-state index in [1.54, 1.807) is 6.07 Å². The number of benzene rings is 1. The smallest absolute Gasteiger partial charge is 0.258 e. The number of rotatable bonds is 4. The highest BCUT2D eigenvalue weighted by molar-refractivity contribution is 5.78. The first-order chi connectivity index (χ1) is 7.04. The van der Waals surface area contributed by atoms with E-state index >= 15 is 0 Å². The molecule has 0 saturated carbocycles. The fraction of sp³-hybridized carbons (Fsp3) is 0.300. The number of amides is 1. The van der Waals surface area contributed by atoms with Gasteiger partial charge in [-0.15, -0.1) is 0 Å². The lowest BCUT2D eigenvalue weighted by atomic mass is 10.2. The van der Waals surface area contributed by atoms with Gasteiger partial charge in [0.05, 0.1) is 0 Å². The van der Waals surface area contributed by atoms with E-state index in [-0.39, 0.29) is 12.3 Å². The second-order valence-corrected chi connectivity index (χ2v) is 3.13. The van der Waals surface area contributed by atoms with Gasteiger partial charge in [-0.05, 0) is 24.6 Å². The Morgan fingerprint density at radius 2 is 2.27 bits per heavy atom. The predicted octanol–water partition coefficient (Wildman–Crippen LogP) is 0.537. The highest BCUT2D eigenvalue weighted by atomic mass is 19.1. The van der Waals surface area contributed by atoms with E-state index in [1.807, 2.05) is 0 Å². The van der Waals surface area contributed by atoms with Gasteiger partial charge in [0.25, 0.3) is 5.91 Å². The zero-order valence-electron chi connectivity index (χ0n) is 8.37. The van der Waals surface area contributed by atoms with Crippen LogP contribution in [0.4, 0.5) is 4.39 Å². The van der Waals surface area contributed by atoms with E-state index in [0.717, 1.165) is 0 Å². The molecule has 1 rings (SSSR count). The van der Waals surface area contributed by atoms with Crippen LogP contribution in [0.5, 0.6) is 5.75 Å². The summed E-state index contributed by atoms with van der Waals surface area (Å²) in [6.07, 6.45) is -0.858. The molecule has 0 fully saturated rings. The van der Waals surface area contributed by atoms with Crippen LogP contribution in [-0.4, -0.2) is 12.0 Å². The van der Waals surface area contributed by atoms with Crippen molar-refractivity contribution < 1.29 is 13.9 Å². The molecule has 0 saturated heterocycles. The summed E-state index contributed by atoms with van der Waals surface area (Å²) >= 11 is 0. The largest absolute Gasteiger partial charge is 0.478 e. The van der Waals surface area contributed by atoms with Crippen molar-refractivity contribution in [1.82, 2.24) is 0 Å². The average molecular weight is 212 g/mol. The number of ether oxygens (including phenoxy) is 1. The molecular formula is C10H13FN2O2. The maximum Gasteiger partial charge on any atom is 0.258 e. The normalized spacial score (nSPS) is 12.2. The quantitative estimate of drug-likeness (QED) is 0.764. The van der Waals surface area contributed by atoms with E-state index in [4.69, 9.17) is 16.2 Å². The van der Waals surface area contributed by atoms with Crippen molar-refractivity contribution in [3.63, 3.8) is 0 Å². The number of primary amides is 1. The summed E-state index contributed by atoms with van der Waals surface area (Å²) in [7, 11) is 0. The van der Waals surface area contributed by atoms with Crippen molar-refractivity contribution in [3.05, 3.63) is 29.6 Å². The van der Waals surface area contributed by atoms with Crippen LogP contribution in [0.1, 0.15) is 12.5 Å². The fourth-order valence-electron chi connectivity index (χ4n) is 1.02. The maximum absolute atomic E-state index is 13.3. The van der Waals surface area contributed by atoms with Crippen molar-refractivity contribution in [2.24, 2.45) is 11.5 Å². The maximum atomic E-state index is 13.3. The van der Waals surface area contributed by atoms with Crippen LogP contribution < -0.4 is 16.2 Å². The SMILES string of the molecule is CC(Oc1ccc(CN)cc1F)C(N)=O. The first-order valence-corrected chi connectivity index (χ1v) is 4.49. The summed E-state index contributed by atoms with van der Waals surface area (Å²) in [4.78, 5) is 10.7. The molecule has 4 nitrogen and oxygen atoms in total. The van der Waals surface area contributed by atoms with E-state index < -0.39 is 17.8 Å². The Morgan fingerprint density at radius 3 is 2.73 bits per heavy atom. The molecule has 82 valence electrons. The lowest BCUT2D eigenvalue weighted by Crippen LogP contribution is -2.30. The van der Waals surface area contributed by atoms with Gasteiger partial charge in [-0.2, -0.15) is 0 Å². The van der Waals surface area contributed by atoms with E-state index in [0.29, 0.717) is 5.56 Å². The van der Waals surface area contributed by atoms with Gasteiger partial charge < -0.3 is 16.2 Å². The van der Waals surface area contributed by atoms with Crippen molar-refractivity contribution in [1.29, 1.82) is 0 Å². The summed E-state index contributed by atoms with van der Waals surface area (Å²) in [5.41, 5.74) is 11.0. The molecule has 0 aliphatic rings. The van der Waals surface area contributed by atoms with Crippen molar-refractivity contribution in [2.75, 3.05) is 0 Å². The summed E-state index contributed by atoms with van der Waals surface area (Å²) < 4.78 is 18.3. The van der Waals surface area contributed by atoms with Crippen LogP contribution >= 0.6 is 0 Å². The molecule has 0 aromatic heterocycles. The van der Waals surface area contributed by atoms with Gasteiger partial charge in [0.2, 0.25) is 0 Å². The summed E-state index contributed by atoms with van der Waals surface area (Å²) in [6.45, 7) is 1.71. The molecule has 0 aliphatic carbocycles. The molecule has 1 amide bonds. The number of hydrogen-bond acceptors (Lipinski definition) is 3. The van der Waals surface area contributed by atoms with Crippen LogP contribution in [0.3, 0.4) is 0 Å². The molecule has 1 aromatic rings. The van der Waals surface area contributed by atoms with Gasteiger partial charge in [-0.1, -0.05) is 6.07 Å². The van der Waals surface area contributed by atoms with Gasteiger partial charge in [0.1, 0.15) is 0 Å². The summed E-state index contributed by atoms with van der Waals surface area (Å²) in [5.74, 6) is -1.19. The van der Waals surface area contributed by atoms with Gasteiger partial charge in [0, 0.05) is 6.54 Å². The fourth-order valence-corrected chi connectivity index (χ4v) is 1.02. The van der Waals surface area contributed by atoms with Crippen LogP contribution in [0.15, 0.2) is 18.2 Å². The molecule has 0 bridgehead atoms. The number of nitrogens with two attached hydrogens (primary N) is 2. The zero-order valence-corrected chi connectivity index (χ0v) is 8.37. The van der Waals surface area contributed by atoms with Crippen LogP contribution in [0.25, 0.3) is 0 Å². The minimum Gasteiger partial charge on any atom is -0.478 e. The third-order valence-electron chi connectivity index (χ3n) is 1.94. The van der Waals surface area contributed by atoms with Gasteiger partial charge in [-0.25, -0.2) is 4.39 Å². The minimum atomic E-state index is -0.858. The van der Waals surface area contributed by atoms with Crippen molar-refractivity contribution in [2.45, 2.75) is 19.6 Å². The molecule has 1 atom stereocenters. The lowest BCUT2D eigenvalue weighted by molar-refractivity contribution is -0.124. The summed E-state index contributed by atoms with van der Waals surface area (Å²) in [6, 6.07) is 4.33. The molecule has 1 aromatic carbocycles. The first kappa shape index (κ1) is 11.5. The van der Waals surface area contributed by atoms with Gasteiger partial charge in [0.15, 0.2) is 17.7 Å². The Bertz CT molecular complexity index is 368. The Hall–Kier alpha value is -1.62. The average Bonchev–Trinajstić information content (AvgIpc) is 2.20. The number of halogens is 1. The predicted molar refractivity (Wildman–Crippen MR) is 53.6 cm³/mol. The highest BCUT2D eigenvalue weighted by Gasteiger charge is 2.13. The van der Waals surface area contributed by atoms with Crippen molar-refractivity contribution >= 4 is 5.91 Å². The Morgan fingerprint density at radius 1 is 1.60 bits per heavy atom. The third kappa shape index (κ3) is 2.92. The molecule has 5 heteroatoms. The number of carbonyl (C=O) groups is 1. The third-order valence-corrected chi connectivity index (χ3v) is 1.94. The van der Waals surface area contributed by atoms with E-state index in [9.17, 15) is 9.18 Å². The monoisotopic (exact) mass is 212 g/mol. The molecular weight excluding hydrogens is 199 g/mol. The lowest BCUT2D eigenvalue weighted by Gasteiger charge is -2.12. The molecule has 15 heavy (non-hydrogen) atoms. The van der Waals surface area contributed by atoms with Gasteiger partial charge >= 0.3 is 0 Å². The van der Waals surface area contributed by atoms with Crippen LogP contribution in [0, 0.1) is 5.82 Å². The second-order valence-electron chi connectivity index (χ2n) is 3.13. The highest BCUT2D eigenvalue weighted by Crippen LogP contribution is 2.19. The Balaban J connectivity index is 2.82. The topological polar surface area (TPSA) is 78.3 Å². The Kier molecular flexibility index (Phi) is 3.62. The van der Waals surface area contributed by atoms with Crippen LogP contribution in [0.2, 0.25) is 0 Å². The first-order valence-electron chi connectivity index (χ1n) is 4.49. The molecule has 4 N–H and O–H groups in total. The number of hydrogen-bond donors (Lipinski definition) is 2. The standard InChI is InChI=1S/C10H13FN2O2/c1-6(10(13)14)15-9-3-2-7(5-12)4-8(9)11/h2-4,6H,5,12H2,1H3,(H2,13,14). The van der Waals surface area contributed by atoms with E-state index in [2.05, 4.69) is 0 Å². The van der Waals surface area contributed by atoms with Gasteiger partial charge in [-0.3, -0.25) is 4.79 Å². The Labute approximate surface area is 87.0 Å². The minimum absolute atomic E-state index is 0.00139. The van der Waals surface area contributed by atoms with E-state index in [1.165, 1.54) is 19.1 Å². The molecule has 0 heterocycles. The van der Waals surface area contributed by atoms with Crippen LogP contribution in [-0.2, 0) is 11.3 Å². The second kappa shape index (κ2) is 4.75. The molecule has 1 unspecified atom stereocenters. The molecule has 0 spiro atoms. The zero-order chi connectivity index (χ0) is 11.4. The summed E-state index contributed by atoms with van der Waals surface area (Å²) in [5, 5.41) is 0.